The van der Waals surface area contributed by atoms with Crippen LogP contribution >= 0.6 is 11.3 Å². The number of benzene rings is 1. The van der Waals surface area contributed by atoms with Crippen LogP contribution in [-0.2, 0) is 6.42 Å². The monoisotopic (exact) mass is 421 g/mol. The molecule has 9 nitrogen and oxygen atoms in total. The van der Waals surface area contributed by atoms with Crippen molar-refractivity contribution < 1.29 is 9.90 Å². The standard InChI is InChI=1S/C20H19N7O2S/c1-2-21-19(29)27-20-26-15-9-12(13-10-24-16(4-7-28)25-11-13)8-14(17(15)30-20)18-22-5-3-6-23-18/h3,5-6,8-11,28H,2,4,7H2,1H3,(H2,21,26,27,29). The predicted molar refractivity (Wildman–Crippen MR) is 115 cm³/mol. The van der Waals surface area contributed by atoms with Gasteiger partial charge in [-0.05, 0) is 30.7 Å². The van der Waals surface area contributed by atoms with Gasteiger partial charge in [-0.2, -0.15) is 0 Å². The number of urea groups is 1. The van der Waals surface area contributed by atoms with Gasteiger partial charge in [-0.25, -0.2) is 29.7 Å². The number of anilines is 1. The summed E-state index contributed by atoms with van der Waals surface area (Å²) in [4.78, 5) is 33.9. The van der Waals surface area contributed by atoms with Crippen LogP contribution in [-0.4, -0.2) is 49.2 Å². The second-order valence-electron chi connectivity index (χ2n) is 6.31. The largest absolute Gasteiger partial charge is 0.396 e. The lowest BCUT2D eigenvalue weighted by Crippen LogP contribution is -2.28. The van der Waals surface area contributed by atoms with Crippen molar-refractivity contribution >= 4 is 32.7 Å². The molecule has 0 atom stereocenters. The Bertz CT molecular complexity index is 1160. The van der Waals surface area contributed by atoms with E-state index in [1.807, 2.05) is 19.1 Å². The molecule has 0 radical (unpaired) electrons. The molecular weight excluding hydrogens is 402 g/mol. The normalized spacial score (nSPS) is 10.9. The quantitative estimate of drug-likeness (QED) is 0.437. The van der Waals surface area contributed by atoms with Gasteiger partial charge in [0.05, 0.1) is 16.8 Å². The molecule has 0 fully saturated rings. The number of amides is 2. The molecule has 0 bridgehead atoms. The minimum absolute atomic E-state index is 0.00100. The fourth-order valence-corrected chi connectivity index (χ4v) is 3.84. The first-order chi connectivity index (χ1) is 14.7. The van der Waals surface area contributed by atoms with Crippen molar-refractivity contribution in [3.8, 4) is 22.5 Å². The second kappa shape index (κ2) is 8.89. The van der Waals surface area contributed by atoms with E-state index < -0.39 is 0 Å². The Hall–Kier alpha value is -3.50. The van der Waals surface area contributed by atoms with Gasteiger partial charge in [0.15, 0.2) is 11.0 Å². The molecule has 152 valence electrons. The van der Waals surface area contributed by atoms with E-state index in [2.05, 4.69) is 35.6 Å². The van der Waals surface area contributed by atoms with Crippen molar-refractivity contribution in [2.75, 3.05) is 18.5 Å². The first kappa shape index (κ1) is 19.8. The third-order valence-corrected chi connectivity index (χ3v) is 5.25. The van der Waals surface area contributed by atoms with Gasteiger partial charge in [-0.15, -0.1) is 0 Å². The molecule has 3 aromatic heterocycles. The number of carbonyl (C=O) groups excluding carboxylic acids is 1. The van der Waals surface area contributed by atoms with Crippen molar-refractivity contribution in [2.45, 2.75) is 13.3 Å². The molecule has 0 saturated carbocycles. The van der Waals surface area contributed by atoms with Crippen LogP contribution in [0.3, 0.4) is 0 Å². The van der Waals surface area contributed by atoms with Crippen LogP contribution in [0.25, 0.3) is 32.7 Å². The fraction of sp³-hybridized carbons (Fsp3) is 0.200. The summed E-state index contributed by atoms with van der Waals surface area (Å²) in [5.74, 6) is 1.14. The summed E-state index contributed by atoms with van der Waals surface area (Å²) in [6, 6.07) is 5.34. The van der Waals surface area contributed by atoms with E-state index in [0.29, 0.717) is 35.3 Å². The van der Waals surface area contributed by atoms with Crippen LogP contribution in [0.15, 0.2) is 43.0 Å². The number of fused-ring (bicyclic) bond motifs is 1. The molecule has 0 aliphatic heterocycles. The number of hydrogen-bond donors (Lipinski definition) is 3. The van der Waals surface area contributed by atoms with E-state index >= 15 is 0 Å². The van der Waals surface area contributed by atoms with Gasteiger partial charge in [0.2, 0.25) is 0 Å². The molecule has 2 amide bonds. The lowest BCUT2D eigenvalue weighted by Gasteiger charge is -2.06. The topological polar surface area (TPSA) is 126 Å². The zero-order valence-electron chi connectivity index (χ0n) is 16.2. The third-order valence-electron chi connectivity index (χ3n) is 4.23. The van der Waals surface area contributed by atoms with Gasteiger partial charge < -0.3 is 10.4 Å². The average molecular weight is 421 g/mol. The summed E-state index contributed by atoms with van der Waals surface area (Å²) in [6.07, 6.45) is 7.21. The zero-order chi connectivity index (χ0) is 20.9. The molecule has 0 saturated heterocycles. The smallest absolute Gasteiger partial charge is 0.321 e. The highest BCUT2D eigenvalue weighted by Gasteiger charge is 2.16. The van der Waals surface area contributed by atoms with Gasteiger partial charge in [-0.3, -0.25) is 5.32 Å². The number of rotatable bonds is 6. The molecular formula is C20H19N7O2S. The number of hydrogen-bond acceptors (Lipinski definition) is 8. The van der Waals surface area contributed by atoms with E-state index in [4.69, 9.17) is 5.11 Å². The molecule has 30 heavy (non-hydrogen) atoms. The van der Waals surface area contributed by atoms with Crippen molar-refractivity contribution in [1.29, 1.82) is 0 Å². The lowest BCUT2D eigenvalue weighted by atomic mass is 10.0. The average Bonchev–Trinajstić information content (AvgIpc) is 3.16. The maximum atomic E-state index is 11.9. The Morgan fingerprint density at radius 1 is 1.10 bits per heavy atom. The van der Waals surface area contributed by atoms with E-state index in [0.717, 1.165) is 21.4 Å². The molecule has 1 aromatic carbocycles. The van der Waals surface area contributed by atoms with Gasteiger partial charge in [-0.1, -0.05) is 11.3 Å². The molecule has 0 aliphatic carbocycles. The summed E-state index contributed by atoms with van der Waals surface area (Å²) in [5, 5.41) is 15.0. The number of aromatic nitrogens is 5. The number of aliphatic hydroxyl groups excluding tert-OH is 1. The molecule has 4 aromatic rings. The third kappa shape index (κ3) is 4.24. The Kier molecular flexibility index (Phi) is 5.87. The number of aliphatic hydroxyl groups is 1. The van der Waals surface area contributed by atoms with Gasteiger partial charge in [0.1, 0.15) is 5.82 Å². The van der Waals surface area contributed by atoms with Crippen LogP contribution < -0.4 is 10.6 Å². The van der Waals surface area contributed by atoms with E-state index in [1.54, 1.807) is 30.9 Å². The van der Waals surface area contributed by atoms with Crippen LogP contribution in [0.4, 0.5) is 9.93 Å². The fourth-order valence-electron chi connectivity index (χ4n) is 2.89. The summed E-state index contributed by atoms with van der Waals surface area (Å²) >= 11 is 1.36. The molecule has 3 heterocycles. The Balaban J connectivity index is 1.80. The van der Waals surface area contributed by atoms with E-state index in [1.165, 1.54) is 11.3 Å². The van der Waals surface area contributed by atoms with Crippen molar-refractivity contribution in [3.05, 3.63) is 48.8 Å². The first-order valence-corrected chi connectivity index (χ1v) is 10.2. The zero-order valence-corrected chi connectivity index (χ0v) is 17.0. The minimum Gasteiger partial charge on any atom is -0.396 e. The Labute approximate surface area is 176 Å². The van der Waals surface area contributed by atoms with Crippen molar-refractivity contribution in [2.24, 2.45) is 0 Å². The maximum Gasteiger partial charge on any atom is 0.321 e. The first-order valence-electron chi connectivity index (χ1n) is 9.37. The number of carbonyl (C=O) groups is 1. The highest BCUT2D eigenvalue weighted by Crippen LogP contribution is 2.37. The SMILES string of the molecule is CCNC(=O)Nc1nc2cc(-c3cnc(CCO)nc3)cc(-c3ncccn3)c2s1. The Morgan fingerprint density at radius 2 is 1.87 bits per heavy atom. The molecule has 10 heteroatoms. The van der Waals surface area contributed by atoms with Crippen LogP contribution in [0.2, 0.25) is 0 Å². The molecule has 0 aliphatic rings. The molecule has 0 unspecified atom stereocenters. The molecule has 4 rings (SSSR count). The van der Waals surface area contributed by atoms with Crippen molar-refractivity contribution in [1.82, 2.24) is 30.2 Å². The summed E-state index contributed by atoms with van der Waals surface area (Å²) in [7, 11) is 0. The minimum atomic E-state index is -0.304. The highest BCUT2D eigenvalue weighted by molar-refractivity contribution is 7.22. The summed E-state index contributed by atoms with van der Waals surface area (Å²) in [5.41, 5.74) is 3.19. The maximum absolute atomic E-state index is 11.9. The summed E-state index contributed by atoms with van der Waals surface area (Å²) < 4.78 is 0.870. The molecule has 0 spiro atoms. The highest BCUT2D eigenvalue weighted by atomic mass is 32.1. The van der Waals surface area contributed by atoms with Gasteiger partial charge in [0.25, 0.3) is 0 Å². The number of thiazole rings is 1. The second-order valence-corrected chi connectivity index (χ2v) is 7.31. The lowest BCUT2D eigenvalue weighted by molar-refractivity contribution is 0.252. The summed E-state index contributed by atoms with van der Waals surface area (Å²) in [6.45, 7) is 2.38. The van der Waals surface area contributed by atoms with Gasteiger partial charge in [0, 0.05) is 48.9 Å². The predicted octanol–water partition coefficient (Wildman–Crippen LogP) is 2.89. The Morgan fingerprint density at radius 3 is 2.57 bits per heavy atom. The van der Waals surface area contributed by atoms with Crippen molar-refractivity contribution in [3.63, 3.8) is 0 Å². The van der Waals surface area contributed by atoms with E-state index in [-0.39, 0.29) is 12.6 Å². The number of nitrogens with one attached hydrogen (secondary N) is 2. The van der Waals surface area contributed by atoms with Gasteiger partial charge >= 0.3 is 6.03 Å². The van der Waals surface area contributed by atoms with Crippen LogP contribution in [0, 0.1) is 0 Å². The number of nitrogens with zero attached hydrogens (tertiary/aromatic N) is 5. The van der Waals surface area contributed by atoms with Crippen LogP contribution in [0.1, 0.15) is 12.7 Å². The van der Waals surface area contributed by atoms with Crippen LogP contribution in [0.5, 0.6) is 0 Å². The van der Waals surface area contributed by atoms with E-state index in [9.17, 15) is 4.79 Å². The molecule has 3 N–H and O–H groups in total.